The fraction of sp³-hybridized carbons (Fsp3) is 0.185. The number of aryl methyl sites for hydroxylation is 1. The molecule has 0 aliphatic rings. The van der Waals surface area contributed by atoms with Crippen molar-refractivity contribution in [2.45, 2.75) is 32.5 Å². The maximum atomic E-state index is 11.3. The predicted molar refractivity (Wildman–Crippen MR) is 130 cm³/mol. The van der Waals surface area contributed by atoms with Crippen LogP contribution < -0.4 is 9.47 Å². The average Bonchev–Trinajstić information content (AvgIpc) is 3.35. The molecule has 2 heterocycles. The molecular formula is C27H25NO4S. The number of ether oxygens (including phenoxy) is 2. The van der Waals surface area contributed by atoms with Crippen molar-refractivity contribution in [2.24, 2.45) is 0 Å². The third kappa shape index (κ3) is 5.99. The molecule has 2 aromatic carbocycles. The lowest BCUT2D eigenvalue weighted by atomic mass is 9.99. The first-order chi connectivity index (χ1) is 16.1. The first-order valence-electron chi connectivity index (χ1n) is 10.7. The lowest BCUT2D eigenvalue weighted by molar-refractivity contribution is -0.137. The molecule has 0 spiro atoms. The van der Waals surface area contributed by atoms with Crippen molar-refractivity contribution < 1.29 is 19.4 Å². The lowest BCUT2D eigenvalue weighted by Gasteiger charge is -2.23. The van der Waals surface area contributed by atoms with Crippen LogP contribution in [-0.4, -0.2) is 16.1 Å². The molecule has 33 heavy (non-hydrogen) atoms. The standard InChI is InChI=1S/C27H25NO4S/c1-19-6-2-3-7-22(19)25(11-12-27(29)30)32-26-16-21(31-17-20-13-15-33-18-20)9-10-23(26)24-8-4-5-14-28-24/h2-10,13-16,18,25H,11-12,17H2,1H3,(H,29,30). The van der Waals surface area contributed by atoms with E-state index in [9.17, 15) is 9.90 Å². The predicted octanol–water partition coefficient (Wildman–Crippen LogP) is 6.68. The van der Waals surface area contributed by atoms with Crippen molar-refractivity contribution in [1.82, 2.24) is 4.98 Å². The molecule has 1 atom stereocenters. The molecule has 0 aliphatic carbocycles. The van der Waals surface area contributed by atoms with Gasteiger partial charge in [0.2, 0.25) is 0 Å². The number of nitrogens with zero attached hydrogens (tertiary/aromatic N) is 1. The minimum atomic E-state index is -0.852. The van der Waals surface area contributed by atoms with Gasteiger partial charge in [-0.05, 0) is 71.1 Å². The molecule has 0 saturated heterocycles. The van der Waals surface area contributed by atoms with Gasteiger partial charge >= 0.3 is 5.97 Å². The number of aromatic nitrogens is 1. The van der Waals surface area contributed by atoms with Crippen LogP contribution in [0.4, 0.5) is 0 Å². The Morgan fingerprint density at radius 1 is 1.09 bits per heavy atom. The number of carboxylic acids is 1. The van der Waals surface area contributed by atoms with Gasteiger partial charge in [-0.3, -0.25) is 9.78 Å². The smallest absolute Gasteiger partial charge is 0.303 e. The summed E-state index contributed by atoms with van der Waals surface area (Å²) in [4.78, 5) is 15.8. The van der Waals surface area contributed by atoms with Gasteiger partial charge in [-0.2, -0.15) is 11.3 Å². The van der Waals surface area contributed by atoms with Crippen LogP contribution in [0.15, 0.2) is 83.7 Å². The molecule has 1 unspecified atom stereocenters. The van der Waals surface area contributed by atoms with Gasteiger partial charge in [-0.25, -0.2) is 0 Å². The van der Waals surface area contributed by atoms with Crippen molar-refractivity contribution >= 4 is 17.3 Å². The van der Waals surface area contributed by atoms with Crippen LogP contribution in [0.2, 0.25) is 0 Å². The van der Waals surface area contributed by atoms with Crippen LogP contribution >= 0.6 is 11.3 Å². The number of aliphatic carboxylic acids is 1. The molecule has 0 radical (unpaired) electrons. The molecule has 2 aromatic heterocycles. The summed E-state index contributed by atoms with van der Waals surface area (Å²) in [6, 6.07) is 21.4. The molecule has 1 N–H and O–H groups in total. The maximum Gasteiger partial charge on any atom is 0.303 e. The van der Waals surface area contributed by atoms with Crippen LogP contribution in [0.25, 0.3) is 11.3 Å². The normalized spacial score (nSPS) is 11.7. The summed E-state index contributed by atoms with van der Waals surface area (Å²) in [5, 5.41) is 13.4. The summed E-state index contributed by atoms with van der Waals surface area (Å²) in [5.41, 5.74) is 4.73. The van der Waals surface area contributed by atoms with Crippen molar-refractivity contribution in [3.05, 3.63) is 100 Å². The molecule has 0 saturated carbocycles. The average molecular weight is 460 g/mol. The SMILES string of the molecule is Cc1ccccc1C(CCC(=O)O)Oc1cc(OCc2ccsc2)ccc1-c1ccccn1. The number of rotatable bonds is 10. The highest BCUT2D eigenvalue weighted by Gasteiger charge is 2.20. The molecule has 4 aromatic rings. The molecule has 4 rings (SSSR count). The number of pyridine rings is 1. The van der Waals surface area contributed by atoms with Crippen LogP contribution in [0.3, 0.4) is 0 Å². The zero-order valence-corrected chi connectivity index (χ0v) is 19.1. The fourth-order valence-electron chi connectivity index (χ4n) is 3.60. The highest BCUT2D eigenvalue weighted by Crippen LogP contribution is 2.37. The van der Waals surface area contributed by atoms with E-state index in [1.807, 2.05) is 79.0 Å². The second kappa shape index (κ2) is 10.8. The van der Waals surface area contributed by atoms with E-state index in [0.29, 0.717) is 24.5 Å². The van der Waals surface area contributed by atoms with E-state index in [0.717, 1.165) is 27.9 Å². The zero-order valence-electron chi connectivity index (χ0n) is 18.3. The summed E-state index contributed by atoms with van der Waals surface area (Å²) in [7, 11) is 0. The van der Waals surface area contributed by atoms with Crippen molar-refractivity contribution in [1.29, 1.82) is 0 Å². The Morgan fingerprint density at radius 2 is 1.94 bits per heavy atom. The molecule has 5 nitrogen and oxygen atoms in total. The maximum absolute atomic E-state index is 11.3. The van der Waals surface area contributed by atoms with Gasteiger partial charge in [0.25, 0.3) is 0 Å². The van der Waals surface area contributed by atoms with Crippen LogP contribution in [-0.2, 0) is 11.4 Å². The second-order valence-corrected chi connectivity index (χ2v) is 8.47. The zero-order chi connectivity index (χ0) is 23.0. The Balaban J connectivity index is 1.68. The minimum Gasteiger partial charge on any atom is -0.489 e. The van der Waals surface area contributed by atoms with E-state index in [1.54, 1.807) is 17.5 Å². The summed E-state index contributed by atoms with van der Waals surface area (Å²) in [6.45, 7) is 2.47. The summed E-state index contributed by atoms with van der Waals surface area (Å²) in [5.74, 6) is 0.433. The van der Waals surface area contributed by atoms with Crippen LogP contribution in [0, 0.1) is 6.92 Å². The number of thiophene rings is 1. The topological polar surface area (TPSA) is 68.7 Å². The third-order valence-electron chi connectivity index (χ3n) is 5.30. The van der Waals surface area contributed by atoms with Gasteiger partial charge in [0.1, 0.15) is 24.2 Å². The molecule has 0 fully saturated rings. The van der Waals surface area contributed by atoms with E-state index in [-0.39, 0.29) is 6.42 Å². The van der Waals surface area contributed by atoms with Gasteiger partial charge < -0.3 is 14.6 Å². The number of hydrogen-bond acceptors (Lipinski definition) is 5. The Kier molecular flexibility index (Phi) is 7.37. The third-order valence-corrected chi connectivity index (χ3v) is 6.04. The van der Waals surface area contributed by atoms with E-state index >= 15 is 0 Å². The minimum absolute atomic E-state index is 0.00622. The summed E-state index contributed by atoms with van der Waals surface area (Å²) < 4.78 is 12.5. The van der Waals surface area contributed by atoms with Crippen molar-refractivity contribution in [2.75, 3.05) is 0 Å². The quantitative estimate of drug-likeness (QED) is 0.286. The molecule has 0 aliphatic heterocycles. The Bertz CT molecular complexity index is 1190. The Hall–Kier alpha value is -3.64. The van der Waals surface area contributed by atoms with Crippen LogP contribution in [0.1, 0.15) is 35.6 Å². The molecule has 0 amide bonds. The molecule has 0 bridgehead atoms. The highest BCUT2D eigenvalue weighted by molar-refractivity contribution is 7.07. The molecule has 6 heteroatoms. The fourth-order valence-corrected chi connectivity index (χ4v) is 4.25. The number of hydrogen-bond donors (Lipinski definition) is 1. The van der Waals surface area contributed by atoms with Gasteiger partial charge in [0, 0.05) is 24.2 Å². The largest absolute Gasteiger partial charge is 0.489 e. The van der Waals surface area contributed by atoms with E-state index in [1.165, 1.54) is 0 Å². The first-order valence-corrected chi connectivity index (χ1v) is 11.7. The second-order valence-electron chi connectivity index (χ2n) is 7.69. The van der Waals surface area contributed by atoms with E-state index < -0.39 is 12.1 Å². The number of carboxylic acid groups (broad SMARTS) is 1. The van der Waals surface area contributed by atoms with Crippen molar-refractivity contribution in [3.8, 4) is 22.8 Å². The number of benzene rings is 2. The van der Waals surface area contributed by atoms with Crippen molar-refractivity contribution in [3.63, 3.8) is 0 Å². The lowest BCUT2D eigenvalue weighted by Crippen LogP contribution is -2.12. The summed E-state index contributed by atoms with van der Waals surface area (Å²) >= 11 is 1.63. The van der Waals surface area contributed by atoms with Crippen LogP contribution in [0.5, 0.6) is 11.5 Å². The van der Waals surface area contributed by atoms with Gasteiger partial charge in [-0.15, -0.1) is 0 Å². The van der Waals surface area contributed by atoms with Gasteiger partial charge in [-0.1, -0.05) is 30.3 Å². The first kappa shape index (κ1) is 22.6. The Labute approximate surface area is 197 Å². The molecular weight excluding hydrogens is 434 g/mol. The number of carbonyl (C=O) groups is 1. The Morgan fingerprint density at radius 3 is 2.67 bits per heavy atom. The van der Waals surface area contributed by atoms with E-state index in [4.69, 9.17) is 9.47 Å². The van der Waals surface area contributed by atoms with Gasteiger partial charge in [0.15, 0.2) is 0 Å². The summed E-state index contributed by atoms with van der Waals surface area (Å²) in [6.07, 6.45) is 1.68. The highest BCUT2D eigenvalue weighted by atomic mass is 32.1. The molecule has 168 valence electrons. The van der Waals surface area contributed by atoms with Gasteiger partial charge in [0.05, 0.1) is 5.69 Å². The monoisotopic (exact) mass is 459 g/mol. The van der Waals surface area contributed by atoms with E-state index in [2.05, 4.69) is 10.4 Å².